The van der Waals surface area contributed by atoms with Gasteiger partial charge in [0.25, 0.3) is 0 Å². The molecule has 0 saturated carbocycles. The van der Waals surface area contributed by atoms with E-state index in [4.69, 9.17) is 15.0 Å². The van der Waals surface area contributed by atoms with E-state index in [0.717, 1.165) is 37.4 Å². The Balaban J connectivity index is 1.70. The Bertz CT molecular complexity index is 520. The Kier molecular flexibility index (Phi) is 3.57. The lowest BCUT2D eigenvalue weighted by Crippen LogP contribution is -2.12. The van der Waals surface area contributed by atoms with Crippen LogP contribution in [0.5, 0.6) is 0 Å². The van der Waals surface area contributed by atoms with Crippen LogP contribution in [0.15, 0.2) is 34.9 Å². The summed E-state index contributed by atoms with van der Waals surface area (Å²) >= 11 is 0. The summed E-state index contributed by atoms with van der Waals surface area (Å²) < 4.78 is 10.6. The lowest BCUT2D eigenvalue weighted by molar-refractivity contribution is 0.185. The molecule has 1 aliphatic heterocycles. The molecule has 0 radical (unpaired) electrons. The van der Waals surface area contributed by atoms with E-state index in [1.165, 1.54) is 0 Å². The Hall–Kier alpha value is -1.72. The van der Waals surface area contributed by atoms with Gasteiger partial charge in [0.1, 0.15) is 6.04 Å². The van der Waals surface area contributed by atoms with E-state index in [0.29, 0.717) is 11.8 Å². The number of hydrogen-bond acceptors (Lipinski definition) is 5. The van der Waals surface area contributed by atoms with Gasteiger partial charge in [0.05, 0.1) is 0 Å². The second-order valence-electron chi connectivity index (χ2n) is 4.87. The molecule has 1 aromatic carbocycles. The van der Waals surface area contributed by atoms with Crippen molar-refractivity contribution < 1.29 is 9.26 Å². The molecule has 0 aliphatic carbocycles. The number of ether oxygens (including phenoxy) is 1. The van der Waals surface area contributed by atoms with Crippen molar-refractivity contribution >= 4 is 0 Å². The highest BCUT2D eigenvalue weighted by molar-refractivity contribution is 5.22. The zero-order valence-electron chi connectivity index (χ0n) is 10.7. The molecule has 2 atom stereocenters. The van der Waals surface area contributed by atoms with Crippen LogP contribution in [0.4, 0.5) is 0 Å². The van der Waals surface area contributed by atoms with Gasteiger partial charge in [-0.1, -0.05) is 35.5 Å². The molecule has 3 rings (SSSR count). The van der Waals surface area contributed by atoms with Crippen molar-refractivity contribution in [3.8, 4) is 0 Å². The molecule has 2 aromatic rings. The second-order valence-corrected chi connectivity index (χ2v) is 4.87. The summed E-state index contributed by atoms with van der Waals surface area (Å²) in [6.45, 7) is 1.62. The Labute approximate surface area is 111 Å². The number of benzene rings is 1. The molecule has 1 unspecified atom stereocenters. The normalized spacial score (nSPS) is 20.6. The van der Waals surface area contributed by atoms with Crippen LogP contribution in [0.1, 0.15) is 29.7 Å². The van der Waals surface area contributed by atoms with E-state index in [1.807, 2.05) is 30.3 Å². The average molecular weight is 259 g/mol. The van der Waals surface area contributed by atoms with Crippen molar-refractivity contribution in [2.24, 2.45) is 11.7 Å². The van der Waals surface area contributed by atoms with E-state index in [1.54, 1.807) is 0 Å². The third kappa shape index (κ3) is 2.83. The summed E-state index contributed by atoms with van der Waals surface area (Å²) in [6, 6.07) is 9.40. The van der Waals surface area contributed by atoms with Crippen LogP contribution >= 0.6 is 0 Å². The maximum Gasteiger partial charge on any atom is 0.248 e. The van der Waals surface area contributed by atoms with Crippen LogP contribution in [0.3, 0.4) is 0 Å². The fourth-order valence-electron chi connectivity index (χ4n) is 2.28. The maximum absolute atomic E-state index is 6.12. The molecule has 0 amide bonds. The molecule has 5 nitrogen and oxygen atoms in total. The molecule has 1 fully saturated rings. The number of hydrogen-bond donors (Lipinski definition) is 1. The molecule has 100 valence electrons. The smallest absolute Gasteiger partial charge is 0.248 e. The molecule has 2 heterocycles. The number of nitrogens with two attached hydrogens (primary N) is 1. The van der Waals surface area contributed by atoms with Gasteiger partial charge in [0, 0.05) is 19.6 Å². The standard InChI is InChI=1S/C14H17N3O2/c15-13(11-4-2-1-3-5-11)14-16-12(17-19-14)8-10-6-7-18-9-10/h1-5,10,13H,6-9,15H2/t10?,13-/m1/s1. The van der Waals surface area contributed by atoms with Crippen LogP contribution in [0.25, 0.3) is 0 Å². The Morgan fingerprint density at radius 2 is 2.16 bits per heavy atom. The van der Waals surface area contributed by atoms with E-state index in [2.05, 4.69) is 10.1 Å². The van der Waals surface area contributed by atoms with Crippen molar-refractivity contribution in [1.82, 2.24) is 10.1 Å². The fourth-order valence-corrected chi connectivity index (χ4v) is 2.28. The fraction of sp³-hybridized carbons (Fsp3) is 0.429. The summed E-state index contributed by atoms with van der Waals surface area (Å²) in [5, 5.41) is 4.00. The van der Waals surface area contributed by atoms with Crippen LogP contribution in [0.2, 0.25) is 0 Å². The van der Waals surface area contributed by atoms with E-state index in [-0.39, 0.29) is 6.04 Å². The highest BCUT2D eigenvalue weighted by Crippen LogP contribution is 2.20. The van der Waals surface area contributed by atoms with E-state index >= 15 is 0 Å². The number of nitrogens with zero attached hydrogens (tertiary/aromatic N) is 2. The predicted molar refractivity (Wildman–Crippen MR) is 69.4 cm³/mol. The van der Waals surface area contributed by atoms with Crippen LogP contribution < -0.4 is 5.73 Å². The lowest BCUT2D eigenvalue weighted by Gasteiger charge is -2.05. The van der Waals surface area contributed by atoms with Crippen molar-refractivity contribution in [2.75, 3.05) is 13.2 Å². The first-order valence-corrected chi connectivity index (χ1v) is 6.53. The first kappa shape index (κ1) is 12.3. The number of rotatable bonds is 4. The zero-order chi connectivity index (χ0) is 13.1. The summed E-state index contributed by atoms with van der Waals surface area (Å²) in [5.41, 5.74) is 7.09. The first-order chi connectivity index (χ1) is 9.33. The quantitative estimate of drug-likeness (QED) is 0.904. The monoisotopic (exact) mass is 259 g/mol. The Morgan fingerprint density at radius 1 is 1.32 bits per heavy atom. The summed E-state index contributed by atoms with van der Waals surface area (Å²) in [5.74, 6) is 1.69. The molecule has 1 saturated heterocycles. The average Bonchev–Trinajstić information content (AvgIpc) is 3.11. The molecule has 1 aromatic heterocycles. The highest BCUT2D eigenvalue weighted by Gasteiger charge is 2.21. The molecular weight excluding hydrogens is 242 g/mol. The number of aromatic nitrogens is 2. The second kappa shape index (κ2) is 5.50. The minimum absolute atomic E-state index is 0.359. The van der Waals surface area contributed by atoms with Gasteiger partial charge >= 0.3 is 0 Å². The van der Waals surface area contributed by atoms with Gasteiger partial charge in [-0.05, 0) is 17.9 Å². The van der Waals surface area contributed by atoms with Gasteiger partial charge in [-0.3, -0.25) is 0 Å². The van der Waals surface area contributed by atoms with Crippen LogP contribution in [0, 0.1) is 5.92 Å². The van der Waals surface area contributed by atoms with E-state index in [9.17, 15) is 0 Å². The molecule has 5 heteroatoms. The lowest BCUT2D eigenvalue weighted by atomic mass is 10.1. The predicted octanol–water partition coefficient (Wildman–Crippen LogP) is 1.70. The molecule has 0 bridgehead atoms. The summed E-state index contributed by atoms with van der Waals surface area (Å²) in [4.78, 5) is 4.39. The Morgan fingerprint density at radius 3 is 2.89 bits per heavy atom. The summed E-state index contributed by atoms with van der Waals surface area (Å²) in [6.07, 6.45) is 1.86. The minimum atomic E-state index is -0.359. The molecule has 19 heavy (non-hydrogen) atoms. The highest BCUT2D eigenvalue weighted by atomic mass is 16.5. The molecule has 2 N–H and O–H groups in total. The largest absolute Gasteiger partial charge is 0.381 e. The van der Waals surface area contributed by atoms with Gasteiger partial charge < -0.3 is 15.0 Å². The van der Waals surface area contributed by atoms with Crippen LogP contribution in [-0.2, 0) is 11.2 Å². The van der Waals surface area contributed by atoms with Crippen molar-refractivity contribution in [3.05, 3.63) is 47.6 Å². The molecular formula is C14H17N3O2. The van der Waals surface area contributed by atoms with Gasteiger partial charge in [-0.25, -0.2) is 0 Å². The van der Waals surface area contributed by atoms with E-state index < -0.39 is 0 Å². The first-order valence-electron chi connectivity index (χ1n) is 6.53. The maximum atomic E-state index is 6.12. The topological polar surface area (TPSA) is 74.2 Å². The minimum Gasteiger partial charge on any atom is -0.381 e. The third-order valence-electron chi connectivity index (χ3n) is 3.40. The van der Waals surface area contributed by atoms with Gasteiger partial charge in [-0.2, -0.15) is 4.98 Å². The van der Waals surface area contributed by atoms with Crippen molar-refractivity contribution in [2.45, 2.75) is 18.9 Å². The molecule has 0 spiro atoms. The van der Waals surface area contributed by atoms with Gasteiger partial charge in [0.2, 0.25) is 5.89 Å². The van der Waals surface area contributed by atoms with Crippen LogP contribution in [-0.4, -0.2) is 23.4 Å². The van der Waals surface area contributed by atoms with Crippen molar-refractivity contribution in [3.63, 3.8) is 0 Å². The van der Waals surface area contributed by atoms with Gasteiger partial charge in [0.15, 0.2) is 5.82 Å². The summed E-state index contributed by atoms with van der Waals surface area (Å²) in [7, 11) is 0. The molecule has 1 aliphatic rings. The third-order valence-corrected chi connectivity index (χ3v) is 3.40. The SMILES string of the molecule is N[C@H](c1ccccc1)c1nc(CC2CCOC2)no1. The zero-order valence-corrected chi connectivity index (χ0v) is 10.7. The van der Waals surface area contributed by atoms with Crippen molar-refractivity contribution in [1.29, 1.82) is 0 Å². The van der Waals surface area contributed by atoms with Gasteiger partial charge in [-0.15, -0.1) is 0 Å².